The molecule has 1 N–H and O–H groups in total. The maximum absolute atomic E-state index is 11.1. The van der Waals surface area contributed by atoms with Crippen molar-refractivity contribution in [2.45, 2.75) is 50.4 Å². The monoisotopic (exact) mass is 289 g/mol. The van der Waals surface area contributed by atoms with Gasteiger partial charge in [-0.25, -0.2) is 0 Å². The van der Waals surface area contributed by atoms with E-state index in [1.807, 2.05) is 4.90 Å². The number of aliphatic hydroxyl groups excluding tert-OH is 1. The van der Waals surface area contributed by atoms with Crippen molar-refractivity contribution in [1.82, 2.24) is 0 Å². The van der Waals surface area contributed by atoms with Crippen molar-refractivity contribution >= 4 is 12.0 Å². The van der Waals surface area contributed by atoms with Gasteiger partial charge in [0, 0.05) is 12.2 Å². The predicted octanol–water partition coefficient (Wildman–Crippen LogP) is 2.46. The van der Waals surface area contributed by atoms with E-state index in [1.165, 1.54) is 37.7 Å². The van der Waals surface area contributed by atoms with Gasteiger partial charge in [0.15, 0.2) is 12.5 Å². The minimum atomic E-state index is -0.581. The molecule has 0 spiro atoms. The lowest BCUT2D eigenvalue weighted by Gasteiger charge is -2.24. The molecule has 4 heteroatoms. The lowest BCUT2D eigenvalue weighted by molar-refractivity contribution is -0.117. The molecule has 2 aliphatic rings. The summed E-state index contributed by atoms with van der Waals surface area (Å²) in [7, 11) is 0. The first-order valence-electron chi connectivity index (χ1n) is 7.90. The average Bonchev–Trinajstić information content (AvgIpc) is 2.99. The van der Waals surface area contributed by atoms with Crippen LogP contribution in [0.2, 0.25) is 0 Å². The summed E-state index contributed by atoms with van der Waals surface area (Å²) in [6.45, 7) is 0.504. The molecular formula is C17H23NO3. The van der Waals surface area contributed by atoms with Crippen LogP contribution in [-0.2, 0) is 9.53 Å². The Kier molecular flexibility index (Phi) is 4.56. The molecule has 2 unspecified atom stereocenters. The van der Waals surface area contributed by atoms with Gasteiger partial charge in [0.1, 0.15) is 6.10 Å². The second-order valence-corrected chi connectivity index (χ2v) is 6.05. The summed E-state index contributed by atoms with van der Waals surface area (Å²) >= 11 is 0. The van der Waals surface area contributed by atoms with Crippen LogP contribution in [0.15, 0.2) is 24.3 Å². The Bertz CT molecular complexity index is 467. The molecular weight excluding hydrogens is 266 g/mol. The minimum Gasteiger partial charge on any atom is -0.394 e. The zero-order valence-electron chi connectivity index (χ0n) is 12.3. The summed E-state index contributed by atoms with van der Waals surface area (Å²) in [5.41, 5.74) is 2.39. The Balaban J connectivity index is 1.72. The maximum atomic E-state index is 11.1. The van der Waals surface area contributed by atoms with E-state index in [0.29, 0.717) is 12.5 Å². The van der Waals surface area contributed by atoms with E-state index in [2.05, 4.69) is 24.3 Å². The van der Waals surface area contributed by atoms with Crippen LogP contribution in [-0.4, -0.2) is 36.9 Å². The highest BCUT2D eigenvalue weighted by Crippen LogP contribution is 2.34. The third-order valence-electron chi connectivity index (χ3n) is 4.66. The Labute approximate surface area is 125 Å². The summed E-state index contributed by atoms with van der Waals surface area (Å²) in [5.74, 6) is 0.690. The van der Waals surface area contributed by atoms with Crippen LogP contribution in [0.3, 0.4) is 0 Å². The van der Waals surface area contributed by atoms with Gasteiger partial charge in [-0.3, -0.25) is 4.79 Å². The molecule has 3 rings (SSSR count). The number of hydrogen-bond acceptors (Lipinski definition) is 4. The van der Waals surface area contributed by atoms with Crippen molar-refractivity contribution in [2.75, 3.05) is 18.1 Å². The van der Waals surface area contributed by atoms with Gasteiger partial charge in [0.05, 0.1) is 6.61 Å². The molecule has 2 fully saturated rings. The molecule has 1 saturated heterocycles. The number of aliphatic hydroxyl groups is 1. The highest BCUT2D eigenvalue weighted by molar-refractivity contribution is 5.65. The lowest BCUT2D eigenvalue weighted by Crippen LogP contribution is -2.31. The number of ether oxygens (including phenoxy) is 1. The summed E-state index contributed by atoms with van der Waals surface area (Å²) in [6, 6.07) is 8.51. The van der Waals surface area contributed by atoms with Gasteiger partial charge in [-0.2, -0.15) is 0 Å². The van der Waals surface area contributed by atoms with Crippen molar-refractivity contribution < 1.29 is 14.6 Å². The van der Waals surface area contributed by atoms with Crippen LogP contribution < -0.4 is 4.90 Å². The first-order valence-corrected chi connectivity index (χ1v) is 7.90. The second kappa shape index (κ2) is 6.58. The lowest BCUT2D eigenvalue weighted by atomic mass is 9.84. The van der Waals surface area contributed by atoms with Crippen molar-refractivity contribution in [3.63, 3.8) is 0 Å². The normalized spacial score (nSPS) is 27.0. The van der Waals surface area contributed by atoms with Crippen molar-refractivity contribution in [1.29, 1.82) is 0 Å². The summed E-state index contributed by atoms with van der Waals surface area (Å²) in [5, 5.41) is 9.19. The zero-order chi connectivity index (χ0) is 14.7. The van der Waals surface area contributed by atoms with Crippen molar-refractivity contribution in [3.05, 3.63) is 29.8 Å². The second-order valence-electron chi connectivity index (χ2n) is 6.05. The molecule has 1 saturated carbocycles. The summed E-state index contributed by atoms with van der Waals surface area (Å²) in [4.78, 5) is 13.0. The van der Waals surface area contributed by atoms with Gasteiger partial charge in [-0.15, -0.1) is 0 Å². The van der Waals surface area contributed by atoms with Gasteiger partial charge < -0.3 is 14.7 Å². The third kappa shape index (κ3) is 3.11. The molecule has 1 heterocycles. The van der Waals surface area contributed by atoms with Crippen LogP contribution in [0.4, 0.5) is 5.69 Å². The highest BCUT2D eigenvalue weighted by Gasteiger charge is 2.32. The Morgan fingerprint density at radius 3 is 2.52 bits per heavy atom. The largest absolute Gasteiger partial charge is 0.394 e. The predicted molar refractivity (Wildman–Crippen MR) is 81.4 cm³/mol. The number of rotatable bonds is 4. The van der Waals surface area contributed by atoms with E-state index in [9.17, 15) is 9.90 Å². The molecule has 0 radical (unpaired) electrons. The fourth-order valence-electron chi connectivity index (χ4n) is 3.47. The smallest absolute Gasteiger partial charge is 0.187 e. The maximum Gasteiger partial charge on any atom is 0.187 e. The quantitative estimate of drug-likeness (QED) is 0.865. The van der Waals surface area contributed by atoms with Crippen LogP contribution in [0, 0.1) is 0 Å². The number of carbonyl (C=O) groups excluding carboxylic acids is 1. The number of nitrogens with zero attached hydrogens (tertiary/aromatic N) is 1. The van der Waals surface area contributed by atoms with Gasteiger partial charge >= 0.3 is 0 Å². The molecule has 0 bridgehead atoms. The molecule has 1 aliphatic heterocycles. The first-order chi connectivity index (χ1) is 10.3. The fraction of sp³-hybridized carbons (Fsp3) is 0.588. The third-order valence-corrected chi connectivity index (χ3v) is 4.66. The average molecular weight is 289 g/mol. The van der Waals surface area contributed by atoms with Gasteiger partial charge in [0.2, 0.25) is 0 Å². The fourth-order valence-corrected chi connectivity index (χ4v) is 3.47. The van der Waals surface area contributed by atoms with Gasteiger partial charge in [-0.1, -0.05) is 31.4 Å². The van der Waals surface area contributed by atoms with E-state index < -0.39 is 6.23 Å². The molecule has 4 nitrogen and oxygen atoms in total. The number of aldehydes is 1. The number of anilines is 1. The van der Waals surface area contributed by atoms with Crippen LogP contribution >= 0.6 is 0 Å². The van der Waals surface area contributed by atoms with E-state index in [0.717, 1.165) is 12.0 Å². The number of benzene rings is 1. The van der Waals surface area contributed by atoms with E-state index in [1.54, 1.807) is 0 Å². The topological polar surface area (TPSA) is 49.8 Å². The van der Waals surface area contributed by atoms with E-state index in [4.69, 9.17) is 4.74 Å². The van der Waals surface area contributed by atoms with Crippen molar-refractivity contribution in [2.24, 2.45) is 0 Å². The number of carbonyl (C=O) groups is 1. The zero-order valence-corrected chi connectivity index (χ0v) is 12.3. The van der Waals surface area contributed by atoms with E-state index in [-0.39, 0.29) is 12.7 Å². The first kappa shape index (κ1) is 14.5. The van der Waals surface area contributed by atoms with Crippen LogP contribution in [0.25, 0.3) is 0 Å². The Hall–Kier alpha value is -1.39. The Morgan fingerprint density at radius 2 is 1.90 bits per heavy atom. The highest BCUT2D eigenvalue weighted by atomic mass is 16.5. The molecule has 1 aromatic carbocycles. The standard InChI is InChI=1S/C17H23NO3/c19-11-16-10-18(17(12-20)21-16)15-8-6-14(7-9-15)13-4-2-1-3-5-13/h6-9,12-13,16-17,19H,1-5,10-11H2. The molecule has 1 aliphatic carbocycles. The van der Waals surface area contributed by atoms with Crippen LogP contribution in [0.1, 0.15) is 43.6 Å². The van der Waals surface area contributed by atoms with Gasteiger partial charge in [0.25, 0.3) is 0 Å². The molecule has 2 atom stereocenters. The van der Waals surface area contributed by atoms with Gasteiger partial charge in [-0.05, 0) is 36.5 Å². The molecule has 0 amide bonds. The summed E-state index contributed by atoms with van der Waals surface area (Å²) < 4.78 is 5.48. The van der Waals surface area contributed by atoms with E-state index >= 15 is 0 Å². The summed E-state index contributed by atoms with van der Waals surface area (Å²) in [6.07, 6.45) is 6.54. The molecule has 21 heavy (non-hydrogen) atoms. The number of hydrogen-bond donors (Lipinski definition) is 1. The SMILES string of the molecule is O=CC1OC(CO)CN1c1ccc(C2CCCCC2)cc1. The van der Waals surface area contributed by atoms with Crippen LogP contribution in [0.5, 0.6) is 0 Å². The van der Waals surface area contributed by atoms with Crippen molar-refractivity contribution in [3.8, 4) is 0 Å². The molecule has 0 aromatic heterocycles. The molecule has 114 valence electrons. The molecule has 1 aromatic rings. The Morgan fingerprint density at radius 1 is 1.19 bits per heavy atom. The minimum absolute atomic E-state index is 0.0546.